The van der Waals surface area contributed by atoms with Crippen LogP contribution in [0, 0.1) is 0 Å². The molecule has 0 saturated carbocycles. The molecule has 106 heavy (non-hydrogen) atoms. The quantitative estimate of drug-likeness (QED) is 0.0199. The predicted molar refractivity (Wildman–Crippen MR) is 424 cm³/mol. The molecule has 3 rings (SSSR count). The van der Waals surface area contributed by atoms with Gasteiger partial charge < -0.3 is 89.9 Å². The number of unbranched alkanes of at least 4 members (excludes halogenated alkanes) is 31. The third kappa shape index (κ3) is 44.9. The molecule has 0 bridgehead atoms. The SMILES string of the molecule is CC/C=C\C/C=C\C/C=C\C/C=C\C/C=C\C/C=C\C/C=C\C/C=C\C/C=C\CCCCCC(=O)NC(COC1OC(CO)C(OC2OC(CO)C(OC3OC(CO)C(O)C(O)C3O)C(O)C2O)C(O)C1O)C(O)/C=C/CCCCCCCCCCCCCCCCCCCCCCCCCCCCCC. The lowest BCUT2D eigenvalue weighted by Crippen LogP contribution is -2.66. The smallest absolute Gasteiger partial charge is 0.220 e. The Kier molecular flexibility index (Phi) is 59.9. The number of rotatable bonds is 65. The van der Waals surface area contributed by atoms with Crippen LogP contribution in [-0.2, 0) is 33.2 Å². The van der Waals surface area contributed by atoms with E-state index < -0.39 is 124 Å². The Morgan fingerprint density at radius 2 is 0.651 bits per heavy atom. The van der Waals surface area contributed by atoms with Crippen LogP contribution >= 0.6 is 0 Å². The van der Waals surface area contributed by atoms with E-state index >= 15 is 0 Å². The van der Waals surface area contributed by atoms with E-state index in [2.05, 4.69) is 129 Å². The van der Waals surface area contributed by atoms with Gasteiger partial charge >= 0.3 is 0 Å². The fraction of sp³-hybridized carbons (Fsp3) is 0.759. The normalized spacial score (nSPS) is 26.3. The van der Waals surface area contributed by atoms with Gasteiger partial charge in [-0.2, -0.15) is 0 Å². The standard InChI is InChI=1S/C87H149NO18/c1-3-5-7-9-11-13-15-17-19-21-23-25-27-29-31-33-35-37-39-41-43-45-47-49-51-53-55-57-59-61-63-65-75(93)88-70(71(92)64-62-60-58-56-54-52-50-48-46-44-42-40-38-36-34-32-30-28-26-24-22-20-18-16-14-12-10-8-6-4-2)69-101-85-81(99)78(96)83(73(67-90)103-85)106-87-82(100)79(97)84(74(68-91)104-87)105-86-80(98)77(95)76(94)72(66-89)102-86/h5,7,11,13,17,19,23,25,29,31,35,37,41,43,47,49,53,55,62,64,70-74,76-87,89-92,94-100H,3-4,6,8-10,12,14-16,18,20-22,24,26-28,30,32-34,36,38-40,42,44-46,48,50-52,54,56-61,63,65-69H2,1-2H3,(H,88,93)/b7-5-,13-11-,19-17-,25-23-,31-29-,37-35-,43-41-,49-47-,55-53-,64-62+. The van der Waals surface area contributed by atoms with E-state index in [0.717, 1.165) is 103 Å². The third-order valence-corrected chi connectivity index (χ3v) is 20.0. The molecule has 3 fully saturated rings. The highest BCUT2D eigenvalue weighted by atomic mass is 16.8. The van der Waals surface area contributed by atoms with E-state index in [4.69, 9.17) is 28.4 Å². The molecule has 0 aromatic carbocycles. The number of aliphatic hydroxyl groups excluding tert-OH is 11. The summed E-state index contributed by atoms with van der Waals surface area (Å²) in [5.41, 5.74) is 0. The van der Waals surface area contributed by atoms with Crippen LogP contribution in [0.5, 0.6) is 0 Å². The molecule has 3 aliphatic heterocycles. The van der Waals surface area contributed by atoms with Crippen LogP contribution in [0.1, 0.15) is 290 Å². The Morgan fingerprint density at radius 3 is 1.02 bits per heavy atom. The lowest BCUT2D eigenvalue weighted by atomic mass is 9.96. The first-order valence-corrected chi connectivity index (χ1v) is 41.8. The molecule has 0 spiro atoms. The number of allylic oxidation sites excluding steroid dienone is 19. The molecule has 12 N–H and O–H groups in total. The van der Waals surface area contributed by atoms with Crippen molar-refractivity contribution in [1.82, 2.24) is 5.32 Å². The zero-order valence-electron chi connectivity index (χ0n) is 65.4. The van der Waals surface area contributed by atoms with Crippen LogP contribution in [0.25, 0.3) is 0 Å². The minimum Gasteiger partial charge on any atom is -0.394 e. The molecule has 0 aromatic rings. The fourth-order valence-corrected chi connectivity index (χ4v) is 13.4. The van der Waals surface area contributed by atoms with Gasteiger partial charge in [-0.3, -0.25) is 4.79 Å². The monoisotopic (exact) mass is 1500 g/mol. The number of nitrogens with one attached hydrogen (secondary N) is 1. The second kappa shape index (κ2) is 65.9. The highest BCUT2D eigenvalue weighted by Gasteiger charge is 2.54. The van der Waals surface area contributed by atoms with Crippen molar-refractivity contribution in [2.75, 3.05) is 26.4 Å². The van der Waals surface area contributed by atoms with Crippen LogP contribution in [0.4, 0.5) is 0 Å². The second-order valence-electron chi connectivity index (χ2n) is 29.2. The zero-order chi connectivity index (χ0) is 76.7. The molecule has 610 valence electrons. The molecular formula is C87H149NO18. The van der Waals surface area contributed by atoms with E-state index in [1.165, 1.54) is 161 Å². The Hall–Kier alpha value is -3.81. The molecule has 3 saturated heterocycles. The van der Waals surface area contributed by atoms with E-state index in [0.29, 0.717) is 6.42 Å². The van der Waals surface area contributed by atoms with Crippen molar-refractivity contribution in [2.45, 2.75) is 394 Å². The number of hydrogen-bond acceptors (Lipinski definition) is 18. The maximum absolute atomic E-state index is 13.5. The first-order chi connectivity index (χ1) is 51.8. The molecular weight excluding hydrogens is 1350 g/mol. The van der Waals surface area contributed by atoms with Crippen molar-refractivity contribution in [3.8, 4) is 0 Å². The van der Waals surface area contributed by atoms with E-state index in [9.17, 15) is 61.0 Å². The lowest BCUT2D eigenvalue weighted by Gasteiger charge is -2.48. The molecule has 17 atom stereocenters. The van der Waals surface area contributed by atoms with Crippen molar-refractivity contribution in [1.29, 1.82) is 0 Å². The highest BCUT2D eigenvalue weighted by molar-refractivity contribution is 5.76. The summed E-state index contributed by atoms with van der Waals surface area (Å²) in [6.07, 6.45) is 66.1. The summed E-state index contributed by atoms with van der Waals surface area (Å²) < 4.78 is 34.4. The fourth-order valence-electron chi connectivity index (χ4n) is 13.4. The van der Waals surface area contributed by atoms with Gasteiger partial charge in [-0.25, -0.2) is 0 Å². The maximum atomic E-state index is 13.5. The third-order valence-electron chi connectivity index (χ3n) is 20.0. The number of carbonyl (C=O) groups excluding carboxylic acids is 1. The van der Waals surface area contributed by atoms with Gasteiger partial charge in [-0.15, -0.1) is 0 Å². The van der Waals surface area contributed by atoms with Gasteiger partial charge in [0.2, 0.25) is 5.91 Å². The predicted octanol–water partition coefficient (Wildman–Crippen LogP) is 14.7. The Bertz CT molecular complexity index is 2390. The highest BCUT2D eigenvalue weighted by Crippen LogP contribution is 2.33. The minimum absolute atomic E-state index is 0.195. The maximum Gasteiger partial charge on any atom is 0.220 e. The Morgan fingerprint density at radius 1 is 0.349 bits per heavy atom. The summed E-state index contributed by atoms with van der Waals surface area (Å²) in [7, 11) is 0. The van der Waals surface area contributed by atoms with Gasteiger partial charge in [-0.1, -0.05) is 315 Å². The molecule has 3 heterocycles. The second-order valence-corrected chi connectivity index (χ2v) is 29.2. The summed E-state index contributed by atoms with van der Waals surface area (Å²) in [6.45, 7) is 1.62. The summed E-state index contributed by atoms with van der Waals surface area (Å²) in [4.78, 5) is 13.5. The number of amides is 1. The Balaban J connectivity index is 1.39. The number of carbonyl (C=O) groups is 1. The molecule has 0 aliphatic carbocycles. The summed E-state index contributed by atoms with van der Waals surface area (Å²) in [6, 6.07) is -1.00. The summed E-state index contributed by atoms with van der Waals surface area (Å²) in [5, 5.41) is 121. The van der Waals surface area contributed by atoms with E-state index in [-0.39, 0.29) is 18.9 Å². The molecule has 17 unspecified atom stereocenters. The van der Waals surface area contributed by atoms with Crippen molar-refractivity contribution in [2.24, 2.45) is 0 Å². The van der Waals surface area contributed by atoms with Crippen molar-refractivity contribution < 1.29 is 89.4 Å². The number of ether oxygens (including phenoxy) is 6. The van der Waals surface area contributed by atoms with Crippen LogP contribution in [0.2, 0.25) is 0 Å². The molecule has 3 aliphatic rings. The van der Waals surface area contributed by atoms with Crippen LogP contribution < -0.4 is 5.32 Å². The van der Waals surface area contributed by atoms with E-state index in [1.54, 1.807) is 6.08 Å². The van der Waals surface area contributed by atoms with Crippen molar-refractivity contribution >= 4 is 5.91 Å². The van der Waals surface area contributed by atoms with Gasteiger partial charge in [0.25, 0.3) is 0 Å². The van der Waals surface area contributed by atoms with Gasteiger partial charge in [0.15, 0.2) is 18.9 Å². The molecule has 19 heteroatoms. The van der Waals surface area contributed by atoms with E-state index in [1.807, 2.05) is 6.08 Å². The molecule has 0 aromatic heterocycles. The van der Waals surface area contributed by atoms with Gasteiger partial charge in [-0.05, 0) is 89.9 Å². The molecule has 1 amide bonds. The van der Waals surface area contributed by atoms with Crippen LogP contribution in [-0.4, -0.2) is 193 Å². The zero-order valence-corrected chi connectivity index (χ0v) is 65.4. The number of aliphatic hydroxyl groups is 11. The average Bonchev–Trinajstić information content (AvgIpc) is 0.780. The lowest BCUT2D eigenvalue weighted by molar-refractivity contribution is -0.379. The van der Waals surface area contributed by atoms with Gasteiger partial charge in [0.05, 0.1) is 38.6 Å². The summed E-state index contributed by atoms with van der Waals surface area (Å²) >= 11 is 0. The van der Waals surface area contributed by atoms with Crippen LogP contribution in [0.15, 0.2) is 122 Å². The molecule has 19 nitrogen and oxygen atoms in total. The van der Waals surface area contributed by atoms with Gasteiger partial charge in [0.1, 0.15) is 73.2 Å². The van der Waals surface area contributed by atoms with Crippen LogP contribution in [0.3, 0.4) is 0 Å². The largest absolute Gasteiger partial charge is 0.394 e. The average molecular weight is 1500 g/mol. The van der Waals surface area contributed by atoms with Gasteiger partial charge in [0, 0.05) is 6.42 Å². The Labute approximate surface area is 639 Å². The summed E-state index contributed by atoms with van der Waals surface area (Å²) in [5.74, 6) is -0.309. The van der Waals surface area contributed by atoms with Crippen molar-refractivity contribution in [3.63, 3.8) is 0 Å². The minimum atomic E-state index is -1.99. The molecule has 0 radical (unpaired) electrons. The first-order valence-electron chi connectivity index (χ1n) is 41.8. The first kappa shape index (κ1) is 96.4. The van der Waals surface area contributed by atoms with Crippen molar-refractivity contribution in [3.05, 3.63) is 122 Å². The topological polar surface area (TPSA) is 307 Å². The number of hydrogen-bond donors (Lipinski definition) is 12.